The number of benzene rings is 1. The zero-order valence-electron chi connectivity index (χ0n) is 13.2. The second kappa shape index (κ2) is 6.82. The van der Waals surface area contributed by atoms with Gasteiger partial charge in [-0.3, -0.25) is 0 Å². The van der Waals surface area contributed by atoms with Crippen molar-refractivity contribution in [1.82, 2.24) is 4.31 Å². The van der Waals surface area contributed by atoms with Gasteiger partial charge in [-0.05, 0) is 37.8 Å². The number of hydrogen-bond acceptors (Lipinski definition) is 2. The van der Waals surface area contributed by atoms with Gasteiger partial charge in [-0.25, -0.2) is 12.7 Å². The molecule has 0 spiro atoms. The lowest BCUT2D eigenvalue weighted by Crippen LogP contribution is -2.35. The molecule has 0 aliphatic heterocycles. The summed E-state index contributed by atoms with van der Waals surface area (Å²) in [6, 6.07) is 9.53. The maximum Gasteiger partial charge on any atom is 0.270 e. The first-order valence-corrected chi connectivity index (χ1v) is 8.29. The average Bonchev–Trinajstić information content (AvgIpc) is 2.38. The molecule has 0 saturated carbocycles. The summed E-state index contributed by atoms with van der Waals surface area (Å²) >= 11 is 0. The van der Waals surface area contributed by atoms with E-state index < -0.39 is 10.0 Å². The lowest BCUT2D eigenvalue weighted by molar-refractivity contribution is 0.307. The molecular weight excluding hydrogens is 282 g/mol. The third-order valence-corrected chi connectivity index (χ3v) is 4.78. The summed E-state index contributed by atoms with van der Waals surface area (Å²) in [4.78, 5) is 0.269. The molecule has 0 aliphatic carbocycles. The van der Waals surface area contributed by atoms with Gasteiger partial charge in [0, 0.05) is 12.6 Å². The van der Waals surface area contributed by atoms with Crippen molar-refractivity contribution in [3.05, 3.63) is 42.5 Å². The van der Waals surface area contributed by atoms with Gasteiger partial charge in [0.05, 0.1) is 4.90 Å². The number of nitrogens with zero attached hydrogens (tertiary/aromatic N) is 1. The molecule has 0 atom stereocenters. The van der Waals surface area contributed by atoms with Crippen LogP contribution in [0.2, 0.25) is 0 Å². The molecule has 0 aromatic heterocycles. The molecule has 0 radical (unpaired) electrons. The van der Waals surface area contributed by atoms with Crippen molar-refractivity contribution >= 4 is 10.0 Å². The highest BCUT2D eigenvalue weighted by atomic mass is 32.2. The molecule has 0 amide bonds. The molecule has 0 aliphatic rings. The number of rotatable bonds is 6. The van der Waals surface area contributed by atoms with E-state index in [9.17, 15) is 8.42 Å². The highest BCUT2D eigenvalue weighted by Gasteiger charge is 2.28. The minimum Gasteiger partial charge on any atom is -0.224 e. The topological polar surface area (TPSA) is 37.4 Å². The Kier molecular flexibility index (Phi) is 5.62. The van der Waals surface area contributed by atoms with Crippen molar-refractivity contribution in [1.29, 1.82) is 0 Å². The van der Waals surface area contributed by atoms with Crippen LogP contribution in [-0.2, 0) is 10.0 Å². The van der Waals surface area contributed by atoms with E-state index in [1.54, 1.807) is 37.3 Å². The first kappa shape index (κ1) is 17.3. The van der Waals surface area contributed by atoms with Crippen molar-refractivity contribution in [3.8, 4) is 12.0 Å². The van der Waals surface area contributed by atoms with Crippen LogP contribution in [-0.4, -0.2) is 19.3 Å². The van der Waals surface area contributed by atoms with Crippen LogP contribution in [0.1, 0.15) is 32.8 Å². The monoisotopic (exact) mass is 305 g/mol. The van der Waals surface area contributed by atoms with E-state index in [1.165, 1.54) is 4.31 Å². The summed E-state index contributed by atoms with van der Waals surface area (Å²) < 4.78 is 26.7. The zero-order chi connectivity index (χ0) is 16.1. The quantitative estimate of drug-likeness (QED) is 0.458. The molecule has 3 nitrogen and oxygen atoms in total. The summed E-state index contributed by atoms with van der Waals surface area (Å²) in [5, 5.41) is 0. The zero-order valence-corrected chi connectivity index (χ0v) is 14.0. The highest BCUT2D eigenvalue weighted by Crippen LogP contribution is 2.25. The van der Waals surface area contributed by atoms with Crippen LogP contribution < -0.4 is 0 Å². The molecule has 0 fully saturated rings. The molecule has 114 valence electrons. The summed E-state index contributed by atoms with van der Waals surface area (Å²) in [5.74, 6) is 2.69. The van der Waals surface area contributed by atoms with Crippen LogP contribution in [0.25, 0.3) is 0 Å². The molecule has 1 rings (SSSR count). The van der Waals surface area contributed by atoms with Crippen molar-refractivity contribution < 1.29 is 8.42 Å². The molecule has 0 bridgehead atoms. The molecule has 0 unspecified atom stereocenters. The van der Waals surface area contributed by atoms with Gasteiger partial charge >= 0.3 is 0 Å². The standard InChI is InChI=1S/C17H23NO2S/c1-6-12-17(4,5)14-18(13-7-2)21(19,20)16-10-8-15(3)9-11-16/h6,8-11H,1,12,14H2,2-5H3. The Hall–Kier alpha value is -1.73. The van der Waals surface area contributed by atoms with Crippen LogP contribution in [0.3, 0.4) is 0 Å². The lowest BCUT2D eigenvalue weighted by atomic mass is 9.89. The molecule has 0 heterocycles. The smallest absolute Gasteiger partial charge is 0.224 e. The Morgan fingerprint density at radius 1 is 1.29 bits per heavy atom. The van der Waals surface area contributed by atoms with Gasteiger partial charge in [0.2, 0.25) is 0 Å². The van der Waals surface area contributed by atoms with E-state index in [-0.39, 0.29) is 10.3 Å². The first-order valence-electron chi connectivity index (χ1n) is 6.85. The van der Waals surface area contributed by atoms with Crippen LogP contribution in [0.4, 0.5) is 0 Å². The van der Waals surface area contributed by atoms with E-state index in [0.717, 1.165) is 12.0 Å². The number of sulfonamides is 1. The van der Waals surface area contributed by atoms with Crippen molar-refractivity contribution in [2.75, 3.05) is 6.54 Å². The maximum absolute atomic E-state index is 12.7. The lowest BCUT2D eigenvalue weighted by Gasteiger charge is -2.29. The number of hydrogen-bond donors (Lipinski definition) is 0. The third kappa shape index (κ3) is 4.64. The highest BCUT2D eigenvalue weighted by molar-refractivity contribution is 7.89. The van der Waals surface area contributed by atoms with Gasteiger partial charge in [0.1, 0.15) is 0 Å². The van der Waals surface area contributed by atoms with Gasteiger partial charge in [0.25, 0.3) is 10.0 Å². The number of allylic oxidation sites excluding steroid dienone is 1. The van der Waals surface area contributed by atoms with E-state index in [1.807, 2.05) is 20.8 Å². The molecular formula is C17H23NO2S. The minimum absolute atomic E-state index is 0.219. The van der Waals surface area contributed by atoms with Crippen LogP contribution in [0, 0.1) is 24.3 Å². The Bertz CT molecular complexity index is 646. The summed E-state index contributed by atoms with van der Waals surface area (Å²) in [7, 11) is -3.61. The van der Waals surface area contributed by atoms with Gasteiger partial charge in [0.15, 0.2) is 0 Å². The van der Waals surface area contributed by atoms with Crippen LogP contribution >= 0.6 is 0 Å². The van der Waals surface area contributed by atoms with E-state index in [0.29, 0.717) is 6.54 Å². The Morgan fingerprint density at radius 2 is 1.86 bits per heavy atom. The molecule has 21 heavy (non-hydrogen) atoms. The van der Waals surface area contributed by atoms with Gasteiger partial charge < -0.3 is 0 Å². The predicted molar refractivity (Wildman–Crippen MR) is 87.1 cm³/mol. The summed E-state index contributed by atoms with van der Waals surface area (Å²) in [6.45, 7) is 11.6. The summed E-state index contributed by atoms with van der Waals surface area (Å²) in [5.41, 5.74) is 0.803. The number of aryl methyl sites for hydroxylation is 1. The van der Waals surface area contributed by atoms with E-state index in [4.69, 9.17) is 0 Å². The molecule has 0 N–H and O–H groups in total. The van der Waals surface area contributed by atoms with Crippen molar-refractivity contribution in [3.63, 3.8) is 0 Å². The van der Waals surface area contributed by atoms with Gasteiger partial charge in [-0.15, -0.1) is 6.58 Å². The normalized spacial score (nSPS) is 11.4. The largest absolute Gasteiger partial charge is 0.270 e. The van der Waals surface area contributed by atoms with E-state index >= 15 is 0 Å². The molecule has 1 aromatic carbocycles. The van der Waals surface area contributed by atoms with E-state index in [2.05, 4.69) is 18.5 Å². The molecule has 1 aromatic rings. The second-order valence-corrected chi connectivity index (χ2v) is 7.71. The maximum atomic E-state index is 12.7. The Labute approximate surface area is 128 Å². The van der Waals surface area contributed by atoms with Crippen molar-refractivity contribution in [2.45, 2.75) is 39.0 Å². The fourth-order valence-electron chi connectivity index (χ4n) is 1.99. The Morgan fingerprint density at radius 3 is 2.33 bits per heavy atom. The second-order valence-electron chi connectivity index (χ2n) is 5.84. The summed E-state index contributed by atoms with van der Waals surface area (Å²) in [6.07, 6.45) is 2.52. The van der Waals surface area contributed by atoms with Gasteiger partial charge in [-0.1, -0.05) is 43.5 Å². The molecule has 4 heteroatoms. The van der Waals surface area contributed by atoms with Gasteiger partial charge in [-0.2, -0.15) is 0 Å². The van der Waals surface area contributed by atoms with Crippen LogP contribution in [0.5, 0.6) is 0 Å². The average molecular weight is 305 g/mol. The minimum atomic E-state index is -3.61. The van der Waals surface area contributed by atoms with Crippen LogP contribution in [0.15, 0.2) is 41.8 Å². The van der Waals surface area contributed by atoms with Crippen molar-refractivity contribution in [2.24, 2.45) is 5.41 Å². The predicted octanol–water partition coefficient (Wildman–Crippen LogP) is 3.57. The SMILES string of the molecule is C=CCC(C)(C)CN(C#CC)S(=O)(=O)c1ccc(C)cc1. The first-order chi connectivity index (χ1) is 9.73. The molecule has 0 saturated heterocycles. The third-order valence-electron chi connectivity index (χ3n) is 3.11. The Balaban J connectivity index is 3.17. The fourth-order valence-corrected chi connectivity index (χ4v) is 3.46. The fraction of sp³-hybridized carbons (Fsp3) is 0.412.